The van der Waals surface area contributed by atoms with Crippen molar-refractivity contribution in [3.05, 3.63) is 35.4 Å². The molecule has 0 unspecified atom stereocenters. The van der Waals surface area contributed by atoms with Gasteiger partial charge in [-0.3, -0.25) is 14.5 Å². The fourth-order valence-electron chi connectivity index (χ4n) is 2.96. The van der Waals surface area contributed by atoms with E-state index in [9.17, 15) is 9.59 Å². The van der Waals surface area contributed by atoms with Gasteiger partial charge in [0.2, 0.25) is 0 Å². The molecule has 0 spiro atoms. The summed E-state index contributed by atoms with van der Waals surface area (Å²) in [6.07, 6.45) is 0. The van der Waals surface area contributed by atoms with E-state index >= 15 is 0 Å². The summed E-state index contributed by atoms with van der Waals surface area (Å²) in [5.74, 6) is 0.151. The van der Waals surface area contributed by atoms with Crippen LogP contribution in [0.4, 0.5) is 0 Å². The van der Waals surface area contributed by atoms with Crippen LogP contribution in [0.3, 0.4) is 0 Å². The largest absolute Gasteiger partial charge is 0.336 e. The summed E-state index contributed by atoms with van der Waals surface area (Å²) in [4.78, 5) is 29.2. The maximum Gasteiger partial charge on any atom is 0.253 e. The van der Waals surface area contributed by atoms with Gasteiger partial charge >= 0.3 is 0 Å². The number of hydrogen-bond acceptors (Lipinski definition) is 3. The molecule has 1 saturated heterocycles. The van der Waals surface area contributed by atoms with Gasteiger partial charge in [-0.25, -0.2) is 0 Å². The first kappa shape index (κ1) is 18.7. The number of carbonyl (C=O) groups excluding carboxylic acids is 2. The van der Waals surface area contributed by atoms with Crippen molar-refractivity contribution < 1.29 is 9.59 Å². The van der Waals surface area contributed by atoms with Gasteiger partial charge < -0.3 is 4.90 Å². The lowest BCUT2D eigenvalue weighted by molar-refractivity contribution is 0.0451. The highest BCUT2D eigenvalue weighted by atomic mass is 16.2. The molecule has 4 heteroatoms. The summed E-state index contributed by atoms with van der Waals surface area (Å²) in [5, 5.41) is 0. The van der Waals surface area contributed by atoms with Gasteiger partial charge in [0.15, 0.2) is 5.78 Å². The number of Topliss-reactive ketones (excluding diaryl/α,β-unsaturated/α-hetero) is 1. The second-order valence-corrected chi connectivity index (χ2v) is 8.61. The van der Waals surface area contributed by atoms with Gasteiger partial charge in [0.25, 0.3) is 5.91 Å². The van der Waals surface area contributed by atoms with Gasteiger partial charge in [-0.15, -0.1) is 0 Å². The highest BCUT2D eigenvalue weighted by Crippen LogP contribution is 2.22. The Balaban J connectivity index is 2.03. The number of rotatable bonds is 2. The Kier molecular flexibility index (Phi) is 5.19. The Hall–Kier alpha value is -1.68. The second-order valence-electron chi connectivity index (χ2n) is 8.61. The average Bonchev–Trinajstić information content (AvgIpc) is 2.52. The first-order valence-electron chi connectivity index (χ1n) is 8.69. The van der Waals surface area contributed by atoms with E-state index in [0.717, 1.165) is 26.2 Å². The number of ketones is 1. The van der Waals surface area contributed by atoms with Gasteiger partial charge in [0.05, 0.1) is 0 Å². The maximum atomic E-state index is 12.7. The fraction of sp³-hybridized carbons (Fsp3) is 0.600. The monoisotopic (exact) mass is 330 g/mol. The van der Waals surface area contributed by atoms with Gasteiger partial charge in [-0.1, -0.05) is 32.9 Å². The molecular weight excluding hydrogens is 300 g/mol. The molecule has 1 aliphatic rings. The van der Waals surface area contributed by atoms with E-state index in [4.69, 9.17) is 0 Å². The van der Waals surface area contributed by atoms with E-state index in [-0.39, 0.29) is 17.2 Å². The van der Waals surface area contributed by atoms with E-state index in [1.807, 2.05) is 25.7 Å². The Bertz CT molecular complexity index is 598. The van der Waals surface area contributed by atoms with E-state index in [1.165, 1.54) is 0 Å². The van der Waals surface area contributed by atoms with Crippen LogP contribution in [-0.4, -0.2) is 53.2 Å². The van der Waals surface area contributed by atoms with E-state index in [2.05, 4.69) is 25.7 Å². The highest BCUT2D eigenvalue weighted by molar-refractivity contribution is 6.01. The van der Waals surface area contributed by atoms with Gasteiger partial charge in [-0.05, 0) is 32.9 Å². The number of carbonyl (C=O) groups is 2. The van der Waals surface area contributed by atoms with Crippen molar-refractivity contribution in [2.45, 2.75) is 47.1 Å². The number of benzene rings is 1. The van der Waals surface area contributed by atoms with Crippen molar-refractivity contribution in [1.82, 2.24) is 9.80 Å². The SMILES string of the molecule is CC(C)(C)C(=O)c1ccc(C(=O)N2CCN(C(C)(C)C)CC2)cc1. The molecule has 24 heavy (non-hydrogen) atoms. The quantitative estimate of drug-likeness (QED) is 0.780. The van der Waals surface area contributed by atoms with Crippen molar-refractivity contribution in [3.63, 3.8) is 0 Å². The molecule has 2 rings (SSSR count). The van der Waals surface area contributed by atoms with Gasteiger partial charge in [0, 0.05) is 48.3 Å². The van der Waals surface area contributed by atoms with Crippen LogP contribution in [0.2, 0.25) is 0 Å². The molecule has 0 atom stereocenters. The molecule has 1 aromatic carbocycles. The van der Waals surface area contributed by atoms with Crippen LogP contribution in [0.5, 0.6) is 0 Å². The second kappa shape index (κ2) is 6.67. The maximum absolute atomic E-state index is 12.7. The Morgan fingerprint density at radius 3 is 1.67 bits per heavy atom. The van der Waals surface area contributed by atoms with Crippen LogP contribution in [0.1, 0.15) is 62.3 Å². The molecule has 0 aliphatic carbocycles. The summed E-state index contributed by atoms with van der Waals surface area (Å²) >= 11 is 0. The molecule has 4 nitrogen and oxygen atoms in total. The van der Waals surface area contributed by atoms with Crippen LogP contribution >= 0.6 is 0 Å². The fourth-order valence-corrected chi connectivity index (χ4v) is 2.96. The molecule has 0 bridgehead atoms. The third-order valence-electron chi connectivity index (χ3n) is 4.59. The van der Waals surface area contributed by atoms with Crippen LogP contribution in [0.15, 0.2) is 24.3 Å². The van der Waals surface area contributed by atoms with Gasteiger partial charge in [-0.2, -0.15) is 0 Å². The summed E-state index contributed by atoms with van der Waals surface area (Å²) in [6.45, 7) is 15.6. The minimum absolute atomic E-state index is 0.0540. The molecular formula is C20H30N2O2. The van der Waals surface area contributed by atoms with E-state index in [0.29, 0.717) is 11.1 Å². The van der Waals surface area contributed by atoms with E-state index in [1.54, 1.807) is 24.3 Å². The third kappa shape index (κ3) is 4.23. The minimum atomic E-state index is -0.408. The highest BCUT2D eigenvalue weighted by Gasteiger charge is 2.28. The molecule has 0 saturated carbocycles. The Morgan fingerprint density at radius 1 is 0.792 bits per heavy atom. The molecule has 1 fully saturated rings. The summed E-state index contributed by atoms with van der Waals surface area (Å²) < 4.78 is 0. The number of hydrogen-bond donors (Lipinski definition) is 0. The van der Waals surface area contributed by atoms with Crippen LogP contribution in [0.25, 0.3) is 0 Å². The lowest BCUT2D eigenvalue weighted by atomic mass is 9.86. The first-order chi connectivity index (χ1) is 11.0. The smallest absolute Gasteiger partial charge is 0.253 e. The topological polar surface area (TPSA) is 40.6 Å². The lowest BCUT2D eigenvalue weighted by Crippen LogP contribution is -2.54. The van der Waals surface area contributed by atoms with Crippen molar-refractivity contribution in [1.29, 1.82) is 0 Å². The summed E-state index contributed by atoms with van der Waals surface area (Å²) in [7, 11) is 0. The molecule has 132 valence electrons. The van der Waals surface area contributed by atoms with Gasteiger partial charge in [0.1, 0.15) is 0 Å². The molecule has 0 radical (unpaired) electrons. The summed E-state index contributed by atoms with van der Waals surface area (Å²) in [6, 6.07) is 7.09. The van der Waals surface area contributed by atoms with Crippen LogP contribution in [0, 0.1) is 5.41 Å². The Labute approximate surface area is 145 Å². The van der Waals surface area contributed by atoms with E-state index < -0.39 is 5.41 Å². The standard InChI is InChI=1S/C20H30N2O2/c1-19(2,3)17(23)15-7-9-16(10-8-15)18(24)21-11-13-22(14-12-21)20(4,5)6/h7-10H,11-14H2,1-6H3. The molecule has 0 aromatic heterocycles. The summed E-state index contributed by atoms with van der Waals surface area (Å²) in [5.41, 5.74) is 1.06. The van der Waals surface area contributed by atoms with Crippen LogP contribution < -0.4 is 0 Å². The average molecular weight is 330 g/mol. The molecule has 1 aromatic rings. The third-order valence-corrected chi connectivity index (χ3v) is 4.59. The zero-order valence-electron chi connectivity index (χ0n) is 15.8. The minimum Gasteiger partial charge on any atom is -0.336 e. The van der Waals surface area contributed by atoms with Crippen molar-refractivity contribution in [2.75, 3.05) is 26.2 Å². The predicted octanol–water partition coefficient (Wildman–Crippen LogP) is 3.47. The zero-order valence-corrected chi connectivity index (χ0v) is 15.8. The zero-order chi connectivity index (χ0) is 18.1. The predicted molar refractivity (Wildman–Crippen MR) is 97.5 cm³/mol. The van der Waals surface area contributed by atoms with Crippen molar-refractivity contribution >= 4 is 11.7 Å². The number of piperazine rings is 1. The molecule has 1 aliphatic heterocycles. The molecule has 1 amide bonds. The number of nitrogens with zero attached hydrogens (tertiary/aromatic N) is 2. The van der Waals surface area contributed by atoms with Crippen molar-refractivity contribution in [2.24, 2.45) is 5.41 Å². The van der Waals surface area contributed by atoms with Crippen LogP contribution in [-0.2, 0) is 0 Å². The first-order valence-corrected chi connectivity index (χ1v) is 8.69. The normalized spacial score (nSPS) is 17.0. The Morgan fingerprint density at radius 2 is 1.25 bits per heavy atom. The molecule has 0 N–H and O–H groups in total. The van der Waals surface area contributed by atoms with Crippen molar-refractivity contribution in [3.8, 4) is 0 Å². The lowest BCUT2D eigenvalue weighted by Gasteiger charge is -2.42. The molecule has 1 heterocycles. The number of amides is 1.